The Labute approximate surface area is 70.5 Å². The van der Waals surface area contributed by atoms with Crippen molar-refractivity contribution in [3.63, 3.8) is 0 Å². The van der Waals surface area contributed by atoms with Gasteiger partial charge in [-0.1, -0.05) is 6.58 Å². The number of carbonyl (C=O) groups is 2. The summed E-state index contributed by atoms with van der Waals surface area (Å²) in [5.74, 6) is -0.288. The third-order valence-corrected chi connectivity index (χ3v) is 1.61. The van der Waals surface area contributed by atoms with Crippen molar-refractivity contribution in [1.29, 1.82) is 0 Å². The van der Waals surface area contributed by atoms with Gasteiger partial charge in [-0.3, -0.25) is 4.79 Å². The molecule has 1 saturated heterocycles. The maximum Gasteiger partial charge on any atom is 0.329 e. The fourth-order valence-corrected chi connectivity index (χ4v) is 0.983. The zero-order valence-electron chi connectivity index (χ0n) is 7.05. The van der Waals surface area contributed by atoms with E-state index < -0.39 is 11.6 Å². The minimum atomic E-state index is -0.815. The fraction of sp³-hybridized carbons (Fsp3) is 0.375. The standard InChI is InChI=1S/C8H10N2O2/c1-4-5-10-6(11)8(2,3)9-7(10)12/h5H,1H2,2-3H3,(H,9,12). The number of nitrogens with one attached hydrogen (secondary N) is 1. The van der Waals surface area contributed by atoms with Crippen LogP contribution in [0.1, 0.15) is 13.8 Å². The molecule has 0 aromatic rings. The SMILES string of the molecule is C=C=CN1C(=O)NC(C)(C)C1=O. The average molecular weight is 166 g/mol. The molecule has 0 aliphatic carbocycles. The number of imide groups is 1. The van der Waals surface area contributed by atoms with Crippen LogP contribution < -0.4 is 5.32 Å². The minimum Gasteiger partial charge on any atom is -0.323 e. The Bertz CT molecular complexity index is 287. The second kappa shape index (κ2) is 2.50. The van der Waals surface area contributed by atoms with Crippen LogP contribution in [0.3, 0.4) is 0 Å². The normalized spacial score (nSPS) is 20.3. The van der Waals surface area contributed by atoms with Crippen LogP contribution >= 0.6 is 0 Å². The Hall–Kier alpha value is -1.54. The van der Waals surface area contributed by atoms with Crippen molar-refractivity contribution < 1.29 is 9.59 Å². The van der Waals surface area contributed by atoms with Crippen LogP contribution in [-0.2, 0) is 4.79 Å². The Balaban J connectivity index is 3.00. The van der Waals surface area contributed by atoms with Gasteiger partial charge in [0.25, 0.3) is 5.91 Å². The Morgan fingerprint density at radius 3 is 2.50 bits per heavy atom. The average Bonchev–Trinajstić information content (AvgIpc) is 2.13. The molecule has 0 saturated carbocycles. The summed E-state index contributed by atoms with van der Waals surface area (Å²) in [4.78, 5) is 23.4. The first-order valence-electron chi connectivity index (χ1n) is 3.51. The summed E-state index contributed by atoms with van der Waals surface area (Å²) in [6.45, 7) is 6.57. The first-order valence-corrected chi connectivity index (χ1v) is 3.51. The topological polar surface area (TPSA) is 49.4 Å². The van der Waals surface area contributed by atoms with E-state index in [-0.39, 0.29) is 5.91 Å². The van der Waals surface area contributed by atoms with E-state index in [0.29, 0.717) is 0 Å². The van der Waals surface area contributed by atoms with E-state index in [0.717, 1.165) is 4.90 Å². The molecule has 4 heteroatoms. The molecule has 1 N–H and O–H groups in total. The van der Waals surface area contributed by atoms with Crippen LogP contribution in [0.2, 0.25) is 0 Å². The van der Waals surface area contributed by atoms with Gasteiger partial charge < -0.3 is 5.32 Å². The first kappa shape index (κ1) is 8.56. The lowest BCUT2D eigenvalue weighted by Gasteiger charge is -2.12. The van der Waals surface area contributed by atoms with Crippen LogP contribution in [0.5, 0.6) is 0 Å². The van der Waals surface area contributed by atoms with Crippen LogP contribution in [0, 0.1) is 0 Å². The monoisotopic (exact) mass is 166 g/mol. The molecule has 1 heterocycles. The fourth-order valence-electron chi connectivity index (χ4n) is 0.983. The molecular formula is C8H10N2O2. The summed E-state index contributed by atoms with van der Waals surface area (Å²) in [6, 6.07) is -0.429. The molecule has 0 radical (unpaired) electrons. The lowest BCUT2D eigenvalue weighted by atomic mass is 10.1. The van der Waals surface area contributed by atoms with Gasteiger partial charge in [0, 0.05) is 0 Å². The van der Waals surface area contributed by atoms with E-state index in [1.807, 2.05) is 0 Å². The highest BCUT2D eigenvalue weighted by atomic mass is 16.2. The number of hydrogen-bond donors (Lipinski definition) is 1. The van der Waals surface area contributed by atoms with Crippen LogP contribution in [0.4, 0.5) is 4.79 Å². The van der Waals surface area contributed by atoms with Gasteiger partial charge in [0.05, 0.1) is 6.20 Å². The third kappa shape index (κ3) is 1.12. The quantitative estimate of drug-likeness (QED) is 0.458. The van der Waals surface area contributed by atoms with Gasteiger partial charge in [-0.15, -0.1) is 5.73 Å². The van der Waals surface area contributed by atoms with Crippen LogP contribution in [-0.4, -0.2) is 22.4 Å². The van der Waals surface area contributed by atoms with Crippen molar-refractivity contribution in [2.75, 3.05) is 0 Å². The van der Waals surface area contributed by atoms with E-state index in [4.69, 9.17) is 0 Å². The predicted octanol–water partition coefficient (Wildman–Crippen LogP) is 0.615. The van der Waals surface area contributed by atoms with Crippen molar-refractivity contribution in [2.24, 2.45) is 0 Å². The Kier molecular flexibility index (Phi) is 1.78. The first-order chi connectivity index (χ1) is 5.49. The smallest absolute Gasteiger partial charge is 0.323 e. The molecule has 0 bridgehead atoms. The summed E-state index contributed by atoms with van der Waals surface area (Å²) >= 11 is 0. The number of rotatable bonds is 1. The highest BCUT2D eigenvalue weighted by Crippen LogP contribution is 2.16. The van der Waals surface area contributed by atoms with Gasteiger partial charge in [-0.2, -0.15) is 0 Å². The number of carbonyl (C=O) groups excluding carboxylic acids is 2. The number of hydrogen-bond acceptors (Lipinski definition) is 2. The molecule has 0 aromatic carbocycles. The molecule has 0 unspecified atom stereocenters. The van der Waals surface area contributed by atoms with Gasteiger partial charge in [-0.25, -0.2) is 9.69 Å². The van der Waals surface area contributed by atoms with Crippen molar-refractivity contribution >= 4 is 11.9 Å². The number of nitrogens with zero attached hydrogens (tertiary/aromatic N) is 1. The van der Waals surface area contributed by atoms with E-state index in [9.17, 15) is 9.59 Å². The van der Waals surface area contributed by atoms with Crippen molar-refractivity contribution in [3.05, 3.63) is 18.5 Å². The molecule has 1 fully saturated rings. The lowest BCUT2D eigenvalue weighted by Crippen LogP contribution is -2.39. The maximum absolute atomic E-state index is 11.4. The largest absolute Gasteiger partial charge is 0.329 e. The van der Waals surface area contributed by atoms with Gasteiger partial charge in [0.15, 0.2) is 0 Å². The summed E-state index contributed by atoms with van der Waals surface area (Å²) in [7, 11) is 0. The molecule has 4 nitrogen and oxygen atoms in total. The predicted molar refractivity (Wildman–Crippen MR) is 43.2 cm³/mol. The molecule has 3 amide bonds. The van der Waals surface area contributed by atoms with Gasteiger partial charge in [0.2, 0.25) is 0 Å². The molecule has 1 rings (SSSR count). The number of amides is 3. The minimum absolute atomic E-state index is 0.288. The molecule has 0 spiro atoms. The second-order valence-corrected chi connectivity index (χ2v) is 3.06. The Morgan fingerprint density at radius 1 is 1.58 bits per heavy atom. The van der Waals surface area contributed by atoms with E-state index in [2.05, 4.69) is 17.6 Å². The molecule has 12 heavy (non-hydrogen) atoms. The van der Waals surface area contributed by atoms with E-state index >= 15 is 0 Å². The number of urea groups is 1. The Morgan fingerprint density at radius 2 is 2.17 bits per heavy atom. The van der Waals surface area contributed by atoms with Crippen LogP contribution in [0.25, 0.3) is 0 Å². The summed E-state index contributed by atoms with van der Waals surface area (Å²) in [5, 5.41) is 2.52. The van der Waals surface area contributed by atoms with Gasteiger partial charge in [-0.05, 0) is 13.8 Å². The van der Waals surface area contributed by atoms with Crippen molar-refractivity contribution in [3.8, 4) is 0 Å². The lowest BCUT2D eigenvalue weighted by molar-refractivity contribution is -0.128. The maximum atomic E-state index is 11.4. The second-order valence-electron chi connectivity index (χ2n) is 3.06. The molecule has 0 aromatic heterocycles. The van der Waals surface area contributed by atoms with E-state index in [1.165, 1.54) is 6.20 Å². The highest BCUT2D eigenvalue weighted by Gasteiger charge is 2.43. The summed E-state index contributed by atoms with van der Waals surface area (Å²) < 4.78 is 0. The van der Waals surface area contributed by atoms with Crippen molar-refractivity contribution in [1.82, 2.24) is 10.2 Å². The van der Waals surface area contributed by atoms with Crippen LogP contribution in [0.15, 0.2) is 18.5 Å². The van der Waals surface area contributed by atoms with Crippen molar-refractivity contribution in [2.45, 2.75) is 19.4 Å². The van der Waals surface area contributed by atoms with Gasteiger partial charge >= 0.3 is 6.03 Å². The molecule has 1 aliphatic heterocycles. The molecular weight excluding hydrogens is 156 g/mol. The van der Waals surface area contributed by atoms with Gasteiger partial charge in [0.1, 0.15) is 5.54 Å². The summed E-state index contributed by atoms with van der Waals surface area (Å²) in [5.41, 5.74) is 1.56. The molecule has 64 valence electrons. The summed E-state index contributed by atoms with van der Waals surface area (Å²) in [6.07, 6.45) is 1.23. The van der Waals surface area contributed by atoms with E-state index in [1.54, 1.807) is 13.8 Å². The highest BCUT2D eigenvalue weighted by molar-refractivity contribution is 6.07. The molecule has 1 aliphatic rings. The zero-order chi connectivity index (χ0) is 9.35. The zero-order valence-corrected chi connectivity index (χ0v) is 7.05. The molecule has 0 atom stereocenters. The third-order valence-electron chi connectivity index (χ3n) is 1.61.